The van der Waals surface area contributed by atoms with Crippen LogP contribution in [0.4, 0.5) is 10.7 Å². The third kappa shape index (κ3) is 4.89. The van der Waals surface area contributed by atoms with Crippen LogP contribution in [0, 0.1) is 11.3 Å². The van der Waals surface area contributed by atoms with Gasteiger partial charge in [0.15, 0.2) is 0 Å². The molecule has 0 aliphatic heterocycles. The van der Waals surface area contributed by atoms with Crippen molar-refractivity contribution in [1.29, 1.82) is 0 Å². The van der Waals surface area contributed by atoms with E-state index >= 15 is 0 Å². The molecule has 0 saturated carbocycles. The molecule has 2 amide bonds. The van der Waals surface area contributed by atoms with Crippen molar-refractivity contribution in [3.05, 3.63) is 81.2 Å². The number of para-hydroxylation sites is 1. The van der Waals surface area contributed by atoms with Crippen LogP contribution in [-0.4, -0.2) is 11.8 Å². The molecule has 166 valence electrons. The van der Waals surface area contributed by atoms with Crippen LogP contribution in [0.5, 0.6) is 0 Å². The van der Waals surface area contributed by atoms with Crippen molar-refractivity contribution in [2.24, 2.45) is 11.3 Å². The van der Waals surface area contributed by atoms with Gasteiger partial charge in [0, 0.05) is 21.2 Å². The first-order valence-corrected chi connectivity index (χ1v) is 12.0. The van der Waals surface area contributed by atoms with Crippen LogP contribution in [0.15, 0.2) is 54.6 Å². The van der Waals surface area contributed by atoms with Gasteiger partial charge in [0.25, 0.3) is 11.8 Å². The van der Waals surface area contributed by atoms with Crippen molar-refractivity contribution in [1.82, 2.24) is 0 Å². The standard InChI is InChI=1S/C26H27ClN2O2S/c1-26(2,3)17-11-14-20-21(15-17)32-25(29-23(30)16-9-12-18(27)13-10-16)22(20)24(31)28-19-7-5-4-6-8-19/h4-10,12-13,17H,11,14-15H2,1-3H3,(H,28,31)(H,29,30). The molecule has 1 unspecified atom stereocenters. The zero-order valence-corrected chi connectivity index (χ0v) is 20.1. The minimum Gasteiger partial charge on any atom is -0.322 e. The highest BCUT2D eigenvalue weighted by molar-refractivity contribution is 7.17. The summed E-state index contributed by atoms with van der Waals surface area (Å²) in [5.74, 6) is 0.106. The predicted molar refractivity (Wildman–Crippen MR) is 133 cm³/mol. The molecule has 0 fully saturated rings. The van der Waals surface area contributed by atoms with E-state index in [-0.39, 0.29) is 17.2 Å². The van der Waals surface area contributed by atoms with Gasteiger partial charge in [-0.05, 0) is 72.6 Å². The van der Waals surface area contributed by atoms with Gasteiger partial charge in [-0.15, -0.1) is 11.3 Å². The van der Waals surface area contributed by atoms with Crippen molar-refractivity contribution < 1.29 is 9.59 Å². The molecule has 2 aromatic carbocycles. The maximum Gasteiger partial charge on any atom is 0.258 e. The largest absolute Gasteiger partial charge is 0.322 e. The van der Waals surface area contributed by atoms with E-state index < -0.39 is 0 Å². The fourth-order valence-corrected chi connectivity index (χ4v) is 5.59. The van der Waals surface area contributed by atoms with E-state index in [2.05, 4.69) is 31.4 Å². The summed E-state index contributed by atoms with van der Waals surface area (Å²) in [5, 5.41) is 7.18. The molecule has 3 aromatic rings. The first-order valence-electron chi connectivity index (χ1n) is 10.8. The molecule has 4 rings (SSSR count). The molecule has 2 N–H and O–H groups in total. The van der Waals surface area contributed by atoms with E-state index in [1.54, 1.807) is 24.3 Å². The van der Waals surface area contributed by atoms with Crippen molar-refractivity contribution in [3.63, 3.8) is 0 Å². The van der Waals surface area contributed by atoms with Gasteiger partial charge in [-0.3, -0.25) is 9.59 Å². The highest BCUT2D eigenvalue weighted by Crippen LogP contribution is 2.44. The van der Waals surface area contributed by atoms with E-state index in [0.717, 1.165) is 30.5 Å². The van der Waals surface area contributed by atoms with Crippen LogP contribution in [0.1, 0.15) is 58.3 Å². The smallest absolute Gasteiger partial charge is 0.258 e. The number of thiophene rings is 1. The quantitative estimate of drug-likeness (QED) is 0.432. The van der Waals surface area contributed by atoms with Gasteiger partial charge in [0.1, 0.15) is 5.00 Å². The third-order valence-corrected chi connectivity index (χ3v) is 7.50. The number of nitrogens with one attached hydrogen (secondary N) is 2. The molecule has 6 heteroatoms. The molecule has 0 spiro atoms. The summed E-state index contributed by atoms with van der Waals surface area (Å²) in [6.45, 7) is 6.80. The zero-order chi connectivity index (χ0) is 22.9. The molecule has 1 aromatic heterocycles. The number of fused-ring (bicyclic) bond motifs is 1. The van der Waals surface area contributed by atoms with Crippen LogP contribution in [0.2, 0.25) is 5.02 Å². The van der Waals surface area contributed by atoms with Crippen LogP contribution in [-0.2, 0) is 12.8 Å². The van der Waals surface area contributed by atoms with E-state index in [4.69, 9.17) is 11.6 Å². The number of carbonyl (C=O) groups is 2. The van der Waals surface area contributed by atoms with Crippen LogP contribution < -0.4 is 10.6 Å². The molecule has 0 saturated heterocycles. The molecule has 4 nitrogen and oxygen atoms in total. The van der Waals surface area contributed by atoms with Crippen LogP contribution in [0.25, 0.3) is 0 Å². The second kappa shape index (κ2) is 9.08. The van der Waals surface area contributed by atoms with E-state index in [1.807, 2.05) is 30.3 Å². The summed E-state index contributed by atoms with van der Waals surface area (Å²) in [5.41, 5.74) is 3.08. The molecule has 0 radical (unpaired) electrons. The van der Waals surface area contributed by atoms with E-state index in [0.29, 0.717) is 27.1 Å². The van der Waals surface area contributed by atoms with Gasteiger partial charge in [-0.25, -0.2) is 0 Å². The van der Waals surface area contributed by atoms with Crippen molar-refractivity contribution >= 4 is 45.4 Å². The van der Waals surface area contributed by atoms with Gasteiger partial charge in [0.05, 0.1) is 5.56 Å². The first kappa shape index (κ1) is 22.6. The number of rotatable bonds is 4. The van der Waals surface area contributed by atoms with Gasteiger partial charge < -0.3 is 10.6 Å². The Morgan fingerprint density at radius 1 is 0.969 bits per heavy atom. The summed E-state index contributed by atoms with van der Waals surface area (Å²) in [7, 11) is 0. The van der Waals surface area contributed by atoms with E-state index in [9.17, 15) is 9.59 Å². The number of halogens is 1. The topological polar surface area (TPSA) is 58.2 Å². The molecule has 1 aliphatic carbocycles. The lowest BCUT2D eigenvalue weighted by Crippen LogP contribution is -2.27. The van der Waals surface area contributed by atoms with Crippen molar-refractivity contribution in [2.75, 3.05) is 10.6 Å². The lowest BCUT2D eigenvalue weighted by molar-refractivity contribution is 0.102. The number of carbonyl (C=O) groups excluding carboxylic acids is 2. The van der Waals surface area contributed by atoms with Crippen LogP contribution in [0.3, 0.4) is 0 Å². The third-order valence-electron chi connectivity index (χ3n) is 6.08. The molecule has 1 heterocycles. The van der Waals surface area contributed by atoms with Crippen molar-refractivity contribution in [2.45, 2.75) is 40.0 Å². The molecular formula is C26H27ClN2O2S. The Balaban J connectivity index is 1.68. The Morgan fingerprint density at radius 3 is 2.31 bits per heavy atom. The number of anilines is 2. The summed E-state index contributed by atoms with van der Waals surface area (Å²) in [6.07, 6.45) is 2.79. The number of hydrogen-bond acceptors (Lipinski definition) is 3. The average molecular weight is 467 g/mol. The Kier molecular flexibility index (Phi) is 6.40. The Labute approximate surface area is 198 Å². The first-order chi connectivity index (χ1) is 15.2. The van der Waals surface area contributed by atoms with Gasteiger partial charge >= 0.3 is 0 Å². The number of amides is 2. The summed E-state index contributed by atoms with van der Waals surface area (Å²) in [4.78, 5) is 27.4. The second-order valence-electron chi connectivity index (χ2n) is 9.29. The van der Waals surface area contributed by atoms with E-state index in [1.165, 1.54) is 16.2 Å². The van der Waals surface area contributed by atoms with Crippen LogP contribution >= 0.6 is 22.9 Å². The number of hydrogen-bond donors (Lipinski definition) is 2. The molecule has 0 bridgehead atoms. The highest BCUT2D eigenvalue weighted by atomic mass is 35.5. The van der Waals surface area contributed by atoms with Gasteiger partial charge in [-0.1, -0.05) is 50.6 Å². The summed E-state index contributed by atoms with van der Waals surface area (Å²) >= 11 is 7.48. The maximum atomic E-state index is 13.3. The Morgan fingerprint density at radius 2 is 1.66 bits per heavy atom. The average Bonchev–Trinajstić information content (AvgIpc) is 3.11. The maximum absolute atomic E-state index is 13.3. The summed E-state index contributed by atoms with van der Waals surface area (Å²) < 4.78 is 0. The lowest BCUT2D eigenvalue weighted by atomic mass is 9.72. The molecule has 1 aliphatic rings. The van der Waals surface area contributed by atoms with Gasteiger partial charge in [-0.2, -0.15) is 0 Å². The lowest BCUT2D eigenvalue weighted by Gasteiger charge is -2.33. The Hall–Kier alpha value is -2.63. The SMILES string of the molecule is CC(C)(C)C1CCc2c(sc(NC(=O)c3ccc(Cl)cc3)c2C(=O)Nc2ccccc2)C1. The highest BCUT2D eigenvalue weighted by Gasteiger charge is 2.34. The number of benzene rings is 2. The minimum absolute atomic E-state index is 0.186. The molecule has 32 heavy (non-hydrogen) atoms. The monoisotopic (exact) mass is 466 g/mol. The predicted octanol–water partition coefficient (Wildman–Crippen LogP) is 7.06. The minimum atomic E-state index is -0.249. The molecular weight excluding hydrogens is 440 g/mol. The van der Waals surface area contributed by atoms with Gasteiger partial charge in [0.2, 0.25) is 0 Å². The summed E-state index contributed by atoms with van der Waals surface area (Å²) in [6, 6.07) is 16.1. The second-order valence-corrected chi connectivity index (χ2v) is 10.8. The zero-order valence-electron chi connectivity index (χ0n) is 18.5. The fraction of sp³-hybridized carbons (Fsp3) is 0.308. The van der Waals surface area contributed by atoms with Crippen molar-refractivity contribution in [3.8, 4) is 0 Å². The normalized spacial score (nSPS) is 15.7. The fourth-order valence-electron chi connectivity index (χ4n) is 4.15. The molecule has 1 atom stereocenters. The Bertz CT molecular complexity index is 1130.